The molecule has 0 unspecified atom stereocenters. The van der Waals surface area contributed by atoms with Gasteiger partial charge in [0.2, 0.25) is 0 Å². The summed E-state index contributed by atoms with van der Waals surface area (Å²) >= 11 is 0. The summed E-state index contributed by atoms with van der Waals surface area (Å²) in [5.41, 5.74) is 10.8. The van der Waals surface area contributed by atoms with Crippen LogP contribution in [0.5, 0.6) is 11.5 Å². The maximum atomic E-state index is 15.1. The Morgan fingerprint density at radius 3 is 2.61 bits per heavy atom. The molecule has 0 radical (unpaired) electrons. The van der Waals surface area contributed by atoms with Crippen molar-refractivity contribution in [2.75, 3.05) is 29.3 Å². The van der Waals surface area contributed by atoms with E-state index in [0.29, 0.717) is 18.8 Å². The Kier molecular flexibility index (Phi) is 7.42. The number of ether oxygens (including phenoxy) is 2. The number of aryl methyl sites for hydroxylation is 1. The predicted molar refractivity (Wildman–Crippen MR) is 150 cm³/mol. The molecular formula is C30H36FN5O2. The summed E-state index contributed by atoms with van der Waals surface area (Å²) in [5, 5.41) is 3.45. The van der Waals surface area contributed by atoms with Gasteiger partial charge in [-0.1, -0.05) is 18.7 Å². The Balaban J connectivity index is 1.47. The van der Waals surface area contributed by atoms with Crippen molar-refractivity contribution in [1.82, 2.24) is 4.98 Å². The Morgan fingerprint density at radius 2 is 1.89 bits per heavy atom. The van der Waals surface area contributed by atoms with Crippen LogP contribution in [0.25, 0.3) is 0 Å². The number of pyridine rings is 1. The molecule has 1 aromatic heterocycles. The number of hydrogen-bond donors (Lipinski definition) is 2. The molecule has 2 aromatic carbocycles. The van der Waals surface area contributed by atoms with Gasteiger partial charge in [-0.3, -0.25) is 0 Å². The molecule has 8 heteroatoms. The largest absolute Gasteiger partial charge is 0.497 e. The minimum absolute atomic E-state index is 0.225. The molecule has 1 saturated carbocycles. The molecule has 200 valence electrons. The number of rotatable bonds is 7. The first-order valence-electron chi connectivity index (χ1n) is 13.1. The van der Waals surface area contributed by atoms with E-state index >= 15 is 4.39 Å². The second-order valence-electron chi connectivity index (χ2n) is 10.1. The predicted octanol–water partition coefficient (Wildman–Crippen LogP) is 5.73. The molecule has 0 amide bonds. The van der Waals surface area contributed by atoms with Crippen LogP contribution in [0.3, 0.4) is 0 Å². The van der Waals surface area contributed by atoms with E-state index in [1.54, 1.807) is 20.3 Å². The first kappa shape index (κ1) is 25.9. The molecule has 0 spiro atoms. The smallest absolute Gasteiger partial charge is 0.147 e. The zero-order chi connectivity index (χ0) is 26.8. The lowest BCUT2D eigenvalue weighted by atomic mass is 9.89. The summed E-state index contributed by atoms with van der Waals surface area (Å²) in [6.07, 6.45) is 5.71. The highest BCUT2D eigenvalue weighted by Crippen LogP contribution is 2.42. The van der Waals surface area contributed by atoms with Crippen molar-refractivity contribution >= 4 is 17.2 Å². The molecule has 1 fully saturated rings. The summed E-state index contributed by atoms with van der Waals surface area (Å²) in [7, 11) is 3.29. The molecule has 38 heavy (non-hydrogen) atoms. The molecule has 2 aliphatic rings. The zero-order valence-corrected chi connectivity index (χ0v) is 22.3. The van der Waals surface area contributed by atoms with E-state index in [9.17, 15) is 0 Å². The van der Waals surface area contributed by atoms with Gasteiger partial charge in [-0.25, -0.2) is 9.37 Å². The first-order chi connectivity index (χ1) is 18.4. The summed E-state index contributed by atoms with van der Waals surface area (Å²) < 4.78 is 25.9. The third kappa shape index (κ3) is 5.00. The van der Waals surface area contributed by atoms with Crippen LogP contribution in [-0.2, 0) is 13.1 Å². The van der Waals surface area contributed by atoms with Crippen LogP contribution in [0.1, 0.15) is 42.4 Å². The average Bonchev–Trinajstić information content (AvgIpc) is 2.92. The van der Waals surface area contributed by atoms with Gasteiger partial charge in [-0.05, 0) is 56.4 Å². The molecule has 3 N–H and O–H groups in total. The number of para-hydroxylation sites is 1. The molecule has 0 atom stereocenters. The number of anilines is 3. The van der Waals surface area contributed by atoms with E-state index in [-0.39, 0.29) is 17.9 Å². The highest BCUT2D eigenvalue weighted by molar-refractivity contribution is 5.72. The number of nitrogens with zero attached hydrogens (tertiary/aromatic N) is 3. The number of hydrogen-bond acceptors (Lipinski definition) is 7. The van der Waals surface area contributed by atoms with E-state index in [1.807, 2.05) is 42.3 Å². The maximum absolute atomic E-state index is 15.1. The van der Waals surface area contributed by atoms with Crippen molar-refractivity contribution in [3.63, 3.8) is 0 Å². The molecule has 1 aliphatic carbocycles. The number of halogens is 1. The molecule has 2 heterocycles. The number of fused-ring (bicyclic) bond motifs is 1. The molecule has 5 rings (SSSR count). The van der Waals surface area contributed by atoms with Gasteiger partial charge in [-0.15, -0.1) is 0 Å². The Morgan fingerprint density at radius 1 is 1.11 bits per heavy atom. The Hall–Kier alpha value is -3.78. The quantitative estimate of drug-likeness (QED) is 0.415. The number of nitrogens with two attached hydrogens (primary N) is 1. The van der Waals surface area contributed by atoms with E-state index < -0.39 is 0 Å². The maximum Gasteiger partial charge on any atom is 0.147 e. The van der Waals surface area contributed by atoms with Crippen LogP contribution in [-0.4, -0.2) is 31.3 Å². The number of nitrogens with one attached hydrogen (secondary N) is 1. The topological polar surface area (TPSA) is 75.9 Å². The van der Waals surface area contributed by atoms with Gasteiger partial charge in [0.05, 0.1) is 32.1 Å². The Labute approximate surface area is 224 Å². The van der Waals surface area contributed by atoms with Crippen molar-refractivity contribution in [1.29, 1.82) is 0 Å². The van der Waals surface area contributed by atoms with Crippen molar-refractivity contribution in [2.45, 2.75) is 57.8 Å². The first-order valence-corrected chi connectivity index (χ1v) is 13.1. The average molecular weight is 518 g/mol. The minimum Gasteiger partial charge on any atom is -0.497 e. The van der Waals surface area contributed by atoms with Crippen LogP contribution >= 0.6 is 0 Å². The lowest BCUT2D eigenvalue weighted by molar-refractivity contribution is 0.382. The van der Waals surface area contributed by atoms with Gasteiger partial charge in [0.25, 0.3) is 0 Å². The van der Waals surface area contributed by atoms with Gasteiger partial charge in [0.15, 0.2) is 0 Å². The van der Waals surface area contributed by atoms with E-state index in [2.05, 4.69) is 22.9 Å². The van der Waals surface area contributed by atoms with Gasteiger partial charge < -0.3 is 30.3 Å². The van der Waals surface area contributed by atoms with Gasteiger partial charge in [0, 0.05) is 48.1 Å². The summed E-state index contributed by atoms with van der Waals surface area (Å²) in [6, 6.07) is 13.5. The SMILES string of the molecule is C=C1N(c2c(C)cccc2F)Cc2cnc(NCc3ccc(OC)cc3OC)cc2N1C1CCC(N)CC1. The highest BCUT2D eigenvalue weighted by atomic mass is 19.1. The third-order valence-electron chi connectivity index (χ3n) is 7.66. The number of methoxy groups -OCH3 is 2. The molecule has 3 aromatic rings. The molecule has 0 saturated heterocycles. The van der Waals surface area contributed by atoms with Crippen molar-refractivity contribution in [3.8, 4) is 11.5 Å². The fourth-order valence-corrected chi connectivity index (χ4v) is 5.57. The Bertz CT molecular complexity index is 1300. The van der Waals surface area contributed by atoms with Crippen molar-refractivity contribution in [2.24, 2.45) is 5.73 Å². The fourth-order valence-electron chi connectivity index (χ4n) is 5.57. The lowest BCUT2D eigenvalue weighted by Gasteiger charge is -2.47. The van der Waals surface area contributed by atoms with E-state index in [4.69, 9.17) is 20.2 Å². The summed E-state index contributed by atoms with van der Waals surface area (Å²) in [6.45, 7) is 7.45. The van der Waals surface area contributed by atoms with Crippen LogP contribution in [0.4, 0.5) is 21.6 Å². The van der Waals surface area contributed by atoms with Crippen LogP contribution in [0, 0.1) is 12.7 Å². The summed E-state index contributed by atoms with van der Waals surface area (Å²) in [4.78, 5) is 8.97. The minimum atomic E-state index is -0.250. The zero-order valence-electron chi connectivity index (χ0n) is 22.3. The molecule has 1 aliphatic heterocycles. The molecule has 7 nitrogen and oxygen atoms in total. The lowest BCUT2D eigenvalue weighted by Crippen LogP contribution is -2.48. The molecule has 0 bridgehead atoms. The number of benzene rings is 2. The highest BCUT2D eigenvalue weighted by Gasteiger charge is 2.35. The normalized spacial score (nSPS) is 19.2. The number of aromatic nitrogens is 1. The van der Waals surface area contributed by atoms with Crippen LogP contribution in [0.2, 0.25) is 0 Å². The van der Waals surface area contributed by atoms with Gasteiger partial charge in [0.1, 0.15) is 29.0 Å². The second-order valence-corrected chi connectivity index (χ2v) is 10.1. The van der Waals surface area contributed by atoms with Crippen molar-refractivity contribution < 1.29 is 13.9 Å². The monoisotopic (exact) mass is 517 g/mol. The van der Waals surface area contributed by atoms with Gasteiger partial charge in [-0.2, -0.15) is 0 Å². The summed E-state index contributed by atoms with van der Waals surface area (Å²) in [5.74, 6) is 2.77. The standard InChI is InChI=1S/C30H36FN5O2/c1-19-6-5-7-26(31)30(19)35-18-22-17-34-29(33-16-21-8-13-25(37-3)14-28(21)38-4)15-27(22)36(20(35)2)24-11-9-23(32)10-12-24/h5-8,13-15,17,23-24H,2,9-12,16,18,32H2,1,3-4H3,(H,33,34). The second kappa shape index (κ2) is 10.9. The van der Waals surface area contributed by atoms with Gasteiger partial charge >= 0.3 is 0 Å². The molecular weight excluding hydrogens is 481 g/mol. The van der Waals surface area contributed by atoms with Crippen LogP contribution < -0.4 is 30.3 Å². The third-order valence-corrected chi connectivity index (χ3v) is 7.66. The van der Waals surface area contributed by atoms with E-state index in [1.165, 1.54) is 6.07 Å². The van der Waals surface area contributed by atoms with E-state index in [0.717, 1.165) is 71.2 Å². The van der Waals surface area contributed by atoms with Crippen molar-refractivity contribution in [3.05, 3.63) is 83.6 Å². The van der Waals surface area contributed by atoms with Crippen LogP contribution in [0.15, 0.2) is 61.1 Å². The fraction of sp³-hybridized carbons (Fsp3) is 0.367.